The fourth-order valence-electron chi connectivity index (χ4n) is 1.29. The molecule has 0 radical (unpaired) electrons. The Labute approximate surface area is 84.1 Å². The number of methoxy groups -OCH3 is 1. The number of nitriles is 1. The zero-order valence-corrected chi connectivity index (χ0v) is 8.82. The van der Waals surface area contributed by atoms with Gasteiger partial charge in [-0.25, -0.2) is 0 Å². The van der Waals surface area contributed by atoms with E-state index in [2.05, 4.69) is 25.0 Å². The minimum atomic E-state index is 0.334. The van der Waals surface area contributed by atoms with Crippen molar-refractivity contribution in [2.75, 3.05) is 13.7 Å². The molecular weight excluding hydrogens is 178 g/mol. The molecule has 1 rings (SSSR count). The van der Waals surface area contributed by atoms with Crippen LogP contribution in [-0.4, -0.2) is 23.5 Å². The quantitative estimate of drug-likeness (QED) is 0.728. The molecule has 0 saturated carbocycles. The summed E-state index contributed by atoms with van der Waals surface area (Å²) in [5, 5.41) is 13.1. The summed E-state index contributed by atoms with van der Waals surface area (Å²) in [5.41, 5.74) is 1.65. The molecule has 0 unspecified atom stereocenters. The van der Waals surface area contributed by atoms with Crippen LogP contribution in [0.15, 0.2) is 6.20 Å². The molecular formula is C10H15N3O. The van der Waals surface area contributed by atoms with E-state index in [0.717, 1.165) is 5.56 Å². The fourth-order valence-corrected chi connectivity index (χ4v) is 1.29. The Morgan fingerprint density at radius 1 is 1.64 bits per heavy atom. The first-order valence-corrected chi connectivity index (χ1v) is 4.65. The third-order valence-corrected chi connectivity index (χ3v) is 2.10. The first-order valence-electron chi connectivity index (χ1n) is 4.65. The van der Waals surface area contributed by atoms with Crippen LogP contribution in [0.3, 0.4) is 0 Å². The van der Waals surface area contributed by atoms with Gasteiger partial charge in [0.1, 0.15) is 11.8 Å². The first kappa shape index (κ1) is 10.7. The molecule has 0 aliphatic rings. The van der Waals surface area contributed by atoms with Crippen LogP contribution in [0.2, 0.25) is 0 Å². The van der Waals surface area contributed by atoms with E-state index in [0.29, 0.717) is 24.8 Å². The molecule has 0 spiro atoms. The van der Waals surface area contributed by atoms with E-state index in [-0.39, 0.29) is 0 Å². The van der Waals surface area contributed by atoms with Crippen molar-refractivity contribution in [2.24, 2.45) is 0 Å². The summed E-state index contributed by atoms with van der Waals surface area (Å²) < 4.78 is 6.64. The van der Waals surface area contributed by atoms with Crippen LogP contribution in [0.25, 0.3) is 0 Å². The summed E-state index contributed by atoms with van der Waals surface area (Å²) in [7, 11) is 1.64. The van der Waals surface area contributed by atoms with Crippen LogP contribution in [0.4, 0.5) is 0 Å². The highest BCUT2D eigenvalue weighted by Gasteiger charge is 2.12. The summed E-state index contributed by atoms with van der Waals surface area (Å²) in [6.45, 7) is 5.32. The highest BCUT2D eigenvalue weighted by atomic mass is 16.5. The molecule has 0 aliphatic heterocycles. The minimum absolute atomic E-state index is 0.334. The Morgan fingerprint density at radius 3 is 2.86 bits per heavy atom. The van der Waals surface area contributed by atoms with Gasteiger partial charge in [0.05, 0.1) is 19.3 Å². The highest BCUT2D eigenvalue weighted by molar-refractivity contribution is 5.32. The second-order valence-electron chi connectivity index (χ2n) is 3.43. The smallest absolute Gasteiger partial charge is 0.142 e. The van der Waals surface area contributed by atoms with Crippen LogP contribution in [0, 0.1) is 11.3 Å². The van der Waals surface area contributed by atoms with E-state index in [1.54, 1.807) is 18.0 Å². The van der Waals surface area contributed by atoms with Gasteiger partial charge in [-0.15, -0.1) is 0 Å². The van der Waals surface area contributed by atoms with Crippen LogP contribution in [-0.2, 0) is 11.3 Å². The van der Waals surface area contributed by atoms with Crippen molar-refractivity contribution in [3.05, 3.63) is 17.5 Å². The van der Waals surface area contributed by atoms with Gasteiger partial charge in [-0.1, -0.05) is 13.8 Å². The number of aromatic nitrogens is 2. The SMILES string of the molecule is COCCn1ncc(C(C)C)c1C#N. The summed E-state index contributed by atoms with van der Waals surface area (Å²) in [5.74, 6) is 0.334. The highest BCUT2D eigenvalue weighted by Crippen LogP contribution is 2.17. The lowest BCUT2D eigenvalue weighted by Gasteiger charge is -2.04. The van der Waals surface area contributed by atoms with Crippen molar-refractivity contribution in [2.45, 2.75) is 26.3 Å². The average Bonchev–Trinajstić information content (AvgIpc) is 2.57. The normalized spacial score (nSPS) is 10.5. The molecule has 1 heterocycles. The predicted molar refractivity (Wildman–Crippen MR) is 52.9 cm³/mol. The van der Waals surface area contributed by atoms with Gasteiger partial charge in [0.25, 0.3) is 0 Å². The van der Waals surface area contributed by atoms with Gasteiger partial charge < -0.3 is 4.74 Å². The van der Waals surface area contributed by atoms with E-state index in [1.807, 2.05) is 0 Å². The number of hydrogen-bond donors (Lipinski definition) is 0. The Kier molecular flexibility index (Phi) is 3.66. The van der Waals surface area contributed by atoms with Gasteiger partial charge in [0, 0.05) is 12.7 Å². The third-order valence-electron chi connectivity index (χ3n) is 2.10. The number of rotatable bonds is 4. The molecule has 0 saturated heterocycles. The molecule has 76 valence electrons. The van der Waals surface area contributed by atoms with Gasteiger partial charge in [-0.2, -0.15) is 10.4 Å². The molecule has 1 aromatic heterocycles. The number of hydrogen-bond acceptors (Lipinski definition) is 3. The molecule has 4 heteroatoms. The molecule has 4 nitrogen and oxygen atoms in total. The van der Waals surface area contributed by atoms with Gasteiger partial charge in [0.2, 0.25) is 0 Å². The Balaban J connectivity index is 2.91. The van der Waals surface area contributed by atoms with E-state index in [4.69, 9.17) is 10.00 Å². The predicted octanol–water partition coefficient (Wildman–Crippen LogP) is 1.52. The van der Waals surface area contributed by atoms with Crippen LogP contribution >= 0.6 is 0 Å². The van der Waals surface area contributed by atoms with Crippen molar-refractivity contribution >= 4 is 0 Å². The lowest BCUT2D eigenvalue weighted by Crippen LogP contribution is -2.08. The van der Waals surface area contributed by atoms with E-state index in [1.165, 1.54) is 0 Å². The van der Waals surface area contributed by atoms with Crippen molar-refractivity contribution in [3.8, 4) is 6.07 Å². The Hall–Kier alpha value is -1.34. The van der Waals surface area contributed by atoms with Crippen LogP contribution in [0.1, 0.15) is 31.0 Å². The maximum absolute atomic E-state index is 8.98. The van der Waals surface area contributed by atoms with Crippen LogP contribution in [0.5, 0.6) is 0 Å². The van der Waals surface area contributed by atoms with Crippen molar-refractivity contribution in [3.63, 3.8) is 0 Å². The van der Waals surface area contributed by atoms with E-state index in [9.17, 15) is 0 Å². The van der Waals surface area contributed by atoms with E-state index < -0.39 is 0 Å². The standard InChI is InChI=1S/C10H15N3O/c1-8(2)9-7-12-13(4-5-14-3)10(9)6-11/h7-8H,4-5H2,1-3H3. The first-order chi connectivity index (χ1) is 6.70. The molecule has 0 amide bonds. The molecule has 0 atom stereocenters. The van der Waals surface area contributed by atoms with Gasteiger partial charge in [-0.3, -0.25) is 4.68 Å². The maximum atomic E-state index is 8.98. The van der Waals surface area contributed by atoms with Crippen molar-refractivity contribution < 1.29 is 4.74 Å². The molecule has 0 aromatic carbocycles. The Bertz CT molecular complexity index is 336. The number of nitrogens with zero attached hydrogens (tertiary/aromatic N) is 3. The molecule has 0 N–H and O–H groups in total. The minimum Gasteiger partial charge on any atom is -0.383 e. The van der Waals surface area contributed by atoms with Crippen molar-refractivity contribution in [1.82, 2.24) is 9.78 Å². The van der Waals surface area contributed by atoms with Crippen LogP contribution < -0.4 is 0 Å². The third kappa shape index (κ3) is 2.12. The Morgan fingerprint density at radius 2 is 2.36 bits per heavy atom. The molecule has 0 bridgehead atoms. The van der Waals surface area contributed by atoms with Gasteiger partial charge in [-0.05, 0) is 5.92 Å². The topological polar surface area (TPSA) is 50.8 Å². The zero-order valence-electron chi connectivity index (χ0n) is 8.82. The monoisotopic (exact) mass is 193 g/mol. The maximum Gasteiger partial charge on any atom is 0.142 e. The molecule has 14 heavy (non-hydrogen) atoms. The lowest BCUT2D eigenvalue weighted by molar-refractivity contribution is 0.183. The summed E-state index contributed by atoms with van der Waals surface area (Å²) >= 11 is 0. The van der Waals surface area contributed by atoms with Crippen molar-refractivity contribution in [1.29, 1.82) is 5.26 Å². The lowest BCUT2D eigenvalue weighted by atomic mass is 10.1. The molecule has 0 aliphatic carbocycles. The largest absolute Gasteiger partial charge is 0.383 e. The molecule has 1 aromatic rings. The fraction of sp³-hybridized carbons (Fsp3) is 0.600. The average molecular weight is 193 g/mol. The molecule has 0 fully saturated rings. The summed E-state index contributed by atoms with van der Waals surface area (Å²) in [6.07, 6.45) is 1.76. The second-order valence-corrected chi connectivity index (χ2v) is 3.43. The summed E-state index contributed by atoms with van der Waals surface area (Å²) in [4.78, 5) is 0. The van der Waals surface area contributed by atoms with Gasteiger partial charge >= 0.3 is 0 Å². The number of ether oxygens (including phenoxy) is 1. The summed E-state index contributed by atoms with van der Waals surface area (Å²) in [6, 6.07) is 2.18. The van der Waals surface area contributed by atoms with E-state index >= 15 is 0 Å². The van der Waals surface area contributed by atoms with Gasteiger partial charge in [0.15, 0.2) is 0 Å². The second kappa shape index (κ2) is 4.77. The zero-order chi connectivity index (χ0) is 10.6.